The van der Waals surface area contributed by atoms with Gasteiger partial charge in [0.25, 0.3) is 0 Å². The van der Waals surface area contributed by atoms with Gasteiger partial charge in [0, 0.05) is 19.7 Å². The van der Waals surface area contributed by atoms with Gasteiger partial charge in [0.15, 0.2) is 0 Å². The van der Waals surface area contributed by atoms with Crippen LogP contribution in [-0.4, -0.2) is 64.6 Å². The van der Waals surface area contributed by atoms with E-state index >= 15 is 0 Å². The lowest BCUT2D eigenvalue weighted by molar-refractivity contribution is -0.141. The molecule has 1 saturated heterocycles. The summed E-state index contributed by atoms with van der Waals surface area (Å²) < 4.78 is 5.24. The first kappa shape index (κ1) is 16.7. The number of likely N-dealkylation sites (tertiary alicyclic amines) is 1. The van der Waals surface area contributed by atoms with E-state index in [0.29, 0.717) is 26.1 Å². The first-order chi connectivity index (χ1) is 9.17. The van der Waals surface area contributed by atoms with Crippen LogP contribution in [0, 0.1) is 0 Å². The van der Waals surface area contributed by atoms with Gasteiger partial charge in [-0.1, -0.05) is 0 Å². The van der Waals surface area contributed by atoms with Gasteiger partial charge in [-0.2, -0.15) is 0 Å². The number of carbonyl (C=O) groups is 2. The van der Waals surface area contributed by atoms with Crippen LogP contribution >= 0.6 is 0 Å². The van der Waals surface area contributed by atoms with Crippen molar-refractivity contribution in [3.8, 4) is 0 Å². The minimum absolute atomic E-state index is 0.0476. The summed E-state index contributed by atoms with van der Waals surface area (Å²) in [6.07, 6.45) is 0.0633. The first-order valence-corrected chi connectivity index (χ1v) is 6.73. The summed E-state index contributed by atoms with van der Waals surface area (Å²) in [6, 6.07) is 0. The molecule has 1 aliphatic rings. The summed E-state index contributed by atoms with van der Waals surface area (Å²) in [4.78, 5) is 24.2. The fourth-order valence-electron chi connectivity index (χ4n) is 2.15. The average Bonchev–Trinajstić information content (AvgIpc) is 2.21. The minimum Gasteiger partial charge on any atom is -0.481 e. The summed E-state index contributed by atoms with van der Waals surface area (Å²) in [5.74, 6) is -0.912. The van der Waals surface area contributed by atoms with Crippen molar-refractivity contribution in [2.45, 2.75) is 44.8 Å². The Labute approximate surface area is 118 Å². The second-order valence-corrected chi connectivity index (χ2v) is 6.19. The topological polar surface area (TPSA) is 99.1 Å². The van der Waals surface area contributed by atoms with Crippen LogP contribution in [0.2, 0.25) is 0 Å². The quantitative estimate of drug-likeness (QED) is 0.613. The molecule has 0 bridgehead atoms. The number of carboxylic acids is 1. The van der Waals surface area contributed by atoms with Crippen molar-refractivity contribution < 1.29 is 24.5 Å². The molecule has 0 aromatic carbocycles. The van der Waals surface area contributed by atoms with Gasteiger partial charge in [0.2, 0.25) is 0 Å². The summed E-state index contributed by atoms with van der Waals surface area (Å²) in [5, 5.41) is 20.8. The highest BCUT2D eigenvalue weighted by Crippen LogP contribution is 2.26. The lowest BCUT2D eigenvalue weighted by Crippen LogP contribution is -2.71. The third kappa shape index (κ3) is 4.97. The molecule has 0 aromatic rings. The van der Waals surface area contributed by atoms with E-state index < -0.39 is 23.2 Å². The molecule has 1 rings (SSSR count). The summed E-state index contributed by atoms with van der Waals surface area (Å²) in [5.41, 5.74) is -1.18. The van der Waals surface area contributed by atoms with Crippen LogP contribution < -0.4 is 5.32 Å². The van der Waals surface area contributed by atoms with Gasteiger partial charge in [0.05, 0.1) is 12.0 Å². The van der Waals surface area contributed by atoms with Gasteiger partial charge in [-0.3, -0.25) is 4.79 Å². The number of rotatable bonds is 6. The molecule has 0 radical (unpaired) electrons. The maximum Gasteiger partial charge on any atom is 0.410 e. The predicted octanol–water partition coefficient (Wildman–Crippen LogP) is 0.423. The maximum atomic E-state index is 11.8. The van der Waals surface area contributed by atoms with Crippen LogP contribution in [0.4, 0.5) is 4.79 Å². The van der Waals surface area contributed by atoms with E-state index in [-0.39, 0.29) is 13.0 Å². The third-order valence-electron chi connectivity index (χ3n) is 2.96. The number of amides is 1. The molecular weight excluding hydrogens is 264 g/mol. The molecule has 3 N–H and O–H groups in total. The largest absolute Gasteiger partial charge is 0.481 e. The van der Waals surface area contributed by atoms with Gasteiger partial charge < -0.3 is 25.2 Å². The predicted molar refractivity (Wildman–Crippen MR) is 72.5 cm³/mol. The zero-order valence-corrected chi connectivity index (χ0v) is 12.3. The number of ether oxygens (including phenoxy) is 1. The highest BCUT2D eigenvalue weighted by atomic mass is 16.6. The minimum atomic E-state index is -0.912. The Morgan fingerprint density at radius 2 is 1.95 bits per heavy atom. The van der Waals surface area contributed by atoms with Gasteiger partial charge in [-0.25, -0.2) is 4.79 Å². The van der Waals surface area contributed by atoms with Gasteiger partial charge in [-0.05, 0) is 33.7 Å². The van der Waals surface area contributed by atoms with E-state index in [1.807, 2.05) is 0 Å². The monoisotopic (exact) mass is 288 g/mol. The van der Waals surface area contributed by atoms with Crippen molar-refractivity contribution in [3.05, 3.63) is 0 Å². The lowest BCUT2D eigenvalue weighted by Gasteiger charge is -2.49. The molecule has 1 fully saturated rings. The number of aliphatic hydroxyl groups is 1. The molecule has 0 aromatic heterocycles. The standard InChI is InChI=1S/C13H24N2O5/c1-12(2,3)20-11(19)15-8-13(9-15,7-10(17)18)14-5-4-6-16/h14,16H,4-9H2,1-3H3,(H,17,18). The molecule has 116 valence electrons. The molecule has 1 amide bonds. The Bertz CT molecular complexity index is 358. The summed E-state index contributed by atoms with van der Waals surface area (Å²) >= 11 is 0. The number of nitrogens with zero attached hydrogens (tertiary/aromatic N) is 1. The maximum absolute atomic E-state index is 11.8. The lowest BCUT2D eigenvalue weighted by atomic mass is 9.86. The van der Waals surface area contributed by atoms with Crippen molar-refractivity contribution in [2.24, 2.45) is 0 Å². The zero-order chi connectivity index (χ0) is 15.4. The Balaban J connectivity index is 2.52. The van der Waals surface area contributed by atoms with E-state index in [9.17, 15) is 9.59 Å². The Kier molecular flexibility index (Phi) is 5.35. The van der Waals surface area contributed by atoms with Crippen LogP contribution in [0.5, 0.6) is 0 Å². The number of aliphatic carboxylic acids is 1. The van der Waals surface area contributed by atoms with Gasteiger partial charge >= 0.3 is 12.1 Å². The fraction of sp³-hybridized carbons (Fsp3) is 0.846. The molecule has 0 atom stereocenters. The molecule has 7 heteroatoms. The highest BCUT2D eigenvalue weighted by molar-refractivity contribution is 5.73. The van der Waals surface area contributed by atoms with Crippen molar-refractivity contribution in [3.63, 3.8) is 0 Å². The SMILES string of the molecule is CC(C)(C)OC(=O)N1CC(CC(=O)O)(NCCCO)C1. The van der Waals surface area contributed by atoms with Crippen LogP contribution in [-0.2, 0) is 9.53 Å². The molecule has 7 nitrogen and oxygen atoms in total. The third-order valence-corrected chi connectivity index (χ3v) is 2.96. The summed E-state index contributed by atoms with van der Waals surface area (Å²) in [7, 11) is 0. The second kappa shape index (κ2) is 6.41. The molecule has 0 saturated carbocycles. The number of carbonyl (C=O) groups excluding carboxylic acids is 1. The van der Waals surface area contributed by atoms with Crippen LogP contribution in [0.1, 0.15) is 33.6 Å². The first-order valence-electron chi connectivity index (χ1n) is 6.73. The van der Waals surface area contributed by atoms with E-state index in [4.69, 9.17) is 14.9 Å². The molecule has 1 heterocycles. The molecule has 20 heavy (non-hydrogen) atoms. The second-order valence-electron chi connectivity index (χ2n) is 6.19. The molecule has 0 spiro atoms. The van der Waals surface area contributed by atoms with Crippen molar-refractivity contribution in [1.82, 2.24) is 10.2 Å². The van der Waals surface area contributed by atoms with E-state index in [1.165, 1.54) is 4.90 Å². The number of aliphatic hydroxyl groups excluding tert-OH is 1. The molecule has 0 unspecified atom stereocenters. The zero-order valence-electron chi connectivity index (χ0n) is 12.3. The normalized spacial score (nSPS) is 17.5. The van der Waals surface area contributed by atoms with Crippen LogP contribution in [0.3, 0.4) is 0 Å². The number of carboxylic acid groups (broad SMARTS) is 1. The highest BCUT2D eigenvalue weighted by Gasteiger charge is 2.47. The fourth-order valence-corrected chi connectivity index (χ4v) is 2.15. The van der Waals surface area contributed by atoms with E-state index in [2.05, 4.69) is 5.32 Å². The van der Waals surface area contributed by atoms with Crippen molar-refractivity contribution in [1.29, 1.82) is 0 Å². The summed E-state index contributed by atoms with van der Waals surface area (Å²) in [6.45, 7) is 6.54. The van der Waals surface area contributed by atoms with Gasteiger partial charge in [-0.15, -0.1) is 0 Å². The Morgan fingerprint density at radius 3 is 2.40 bits per heavy atom. The van der Waals surface area contributed by atoms with Gasteiger partial charge in [0.1, 0.15) is 5.60 Å². The molecular formula is C13H24N2O5. The molecule has 1 aliphatic heterocycles. The van der Waals surface area contributed by atoms with Crippen molar-refractivity contribution >= 4 is 12.1 Å². The number of hydrogen-bond acceptors (Lipinski definition) is 5. The Hall–Kier alpha value is -1.34. The average molecular weight is 288 g/mol. The number of hydrogen-bond donors (Lipinski definition) is 3. The van der Waals surface area contributed by atoms with E-state index in [0.717, 1.165) is 0 Å². The van der Waals surface area contributed by atoms with E-state index in [1.54, 1.807) is 20.8 Å². The Morgan fingerprint density at radius 1 is 1.35 bits per heavy atom. The van der Waals surface area contributed by atoms with Crippen molar-refractivity contribution in [2.75, 3.05) is 26.2 Å². The van der Waals surface area contributed by atoms with Crippen LogP contribution in [0.15, 0.2) is 0 Å². The van der Waals surface area contributed by atoms with Crippen LogP contribution in [0.25, 0.3) is 0 Å². The molecule has 0 aliphatic carbocycles. The number of nitrogens with one attached hydrogen (secondary N) is 1. The smallest absolute Gasteiger partial charge is 0.410 e.